The van der Waals surface area contributed by atoms with Crippen LogP contribution in [-0.2, 0) is 22.6 Å². The first kappa shape index (κ1) is 31.3. The SMILES string of the molecule is COc1cc2ccc1OCC(=O)N[C@@H]1CN(C(=O)c3cnc(Nc4ccccc4)nc3)CC[C@H]1Oc1ccc(cc1)CNC(=O)CC2. The summed E-state index contributed by atoms with van der Waals surface area (Å²) in [6.07, 6.45) is 3.88. The lowest BCUT2D eigenvalue weighted by molar-refractivity contribution is -0.125. The number of para-hydroxylation sites is 1. The quantitative estimate of drug-likeness (QED) is 0.306. The van der Waals surface area contributed by atoms with Crippen molar-refractivity contribution in [1.29, 1.82) is 0 Å². The molecule has 3 aromatic carbocycles. The number of hydrogen-bond acceptors (Lipinski definition) is 9. The molecule has 1 aromatic heterocycles. The molecule has 9 rings (SSSR count). The van der Waals surface area contributed by atoms with Gasteiger partial charge in [-0.15, -0.1) is 0 Å². The van der Waals surface area contributed by atoms with E-state index in [9.17, 15) is 14.4 Å². The Labute approximate surface area is 272 Å². The Hall–Kier alpha value is -5.65. The summed E-state index contributed by atoms with van der Waals surface area (Å²) in [6, 6.07) is 21.8. The van der Waals surface area contributed by atoms with E-state index in [2.05, 4.69) is 25.9 Å². The Morgan fingerprint density at radius 3 is 2.49 bits per heavy atom. The number of benzene rings is 3. The van der Waals surface area contributed by atoms with Gasteiger partial charge in [-0.2, -0.15) is 0 Å². The normalized spacial score (nSPS) is 18.5. The van der Waals surface area contributed by atoms with E-state index in [-0.39, 0.29) is 30.9 Å². The number of nitrogens with one attached hydrogen (secondary N) is 3. The summed E-state index contributed by atoms with van der Waals surface area (Å²) < 4.78 is 17.7. The molecular weight excluding hydrogens is 600 g/mol. The van der Waals surface area contributed by atoms with Gasteiger partial charge < -0.3 is 35.1 Å². The van der Waals surface area contributed by atoms with E-state index in [4.69, 9.17) is 14.2 Å². The second kappa shape index (κ2) is 14.6. The molecule has 6 heterocycles. The number of amides is 3. The first-order valence-electron chi connectivity index (χ1n) is 15.5. The first-order valence-corrected chi connectivity index (χ1v) is 15.5. The first-order chi connectivity index (χ1) is 22.9. The number of ether oxygens (including phenoxy) is 3. The molecule has 47 heavy (non-hydrogen) atoms. The molecule has 5 aliphatic heterocycles. The number of likely N-dealkylation sites (tertiary alicyclic amines) is 1. The van der Waals surface area contributed by atoms with Gasteiger partial charge in [0, 0.05) is 50.6 Å². The summed E-state index contributed by atoms with van der Waals surface area (Å²) in [7, 11) is 1.52. The molecule has 242 valence electrons. The minimum absolute atomic E-state index is 0.0637. The Morgan fingerprint density at radius 1 is 0.957 bits per heavy atom. The lowest BCUT2D eigenvalue weighted by Crippen LogP contribution is -2.58. The van der Waals surface area contributed by atoms with Gasteiger partial charge in [-0.3, -0.25) is 14.4 Å². The van der Waals surface area contributed by atoms with E-state index in [1.807, 2.05) is 60.7 Å². The van der Waals surface area contributed by atoms with E-state index in [1.165, 1.54) is 19.5 Å². The molecule has 0 aliphatic carbocycles. The molecule has 0 spiro atoms. The van der Waals surface area contributed by atoms with Gasteiger partial charge in [0.05, 0.1) is 18.7 Å². The minimum atomic E-state index is -0.530. The minimum Gasteiger partial charge on any atom is -0.493 e. The number of hydrogen-bond donors (Lipinski definition) is 3. The van der Waals surface area contributed by atoms with Crippen LogP contribution in [0.25, 0.3) is 0 Å². The summed E-state index contributed by atoms with van der Waals surface area (Å²) in [5.41, 5.74) is 3.01. The molecule has 1 saturated heterocycles. The van der Waals surface area contributed by atoms with Crippen molar-refractivity contribution in [3.8, 4) is 17.2 Å². The van der Waals surface area contributed by atoms with Crippen LogP contribution in [0.3, 0.4) is 0 Å². The summed E-state index contributed by atoms with van der Waals surface area (Å²) in [5.74, 6) is 1.19. The maximum Gasteiger partial charge on any atom is 0.258 e. The van der Waals surface area contributed by atoms with Crippen LogP contribution >= 0.6 is 0 Å². The average Bonchev–Trinajstić information content (AvgIpc) is 3.10. The molecule has 1 fully saturated rings. The standard InChI is InChI=1S/C35H36N6O6/c1-45-31-17-23-9-13-30(31)46-22-33(43)40-28-21-41(34(44)25-19-37-35(38-20-25)39-26-5-3-2-4-6-26)16-15-29(28)47-27-11-7-24(8-12-27)18-36-32(42)14-10-23/h2-9,11-13,17,19-20,28-29H,10,14-16,18,21-22H2,1H3,(H,36,42)(H,40,43)(H,37,38,39)/t28-,29-/m1/s1. The second-order valence-electron chi connectivity index (χ2n) is 11.4. The number of nitrogens with zero attached hydrogens (tertiary/aromatic N) is 3. The fourth-order valence-electron chi connectivity index (χ4n) is 5.52. The predicted octanol–water partition coefficient (Wildman–Crippen LogP) is 3.65. The fourth-order valence-corrected chi connectivity index (χ4v) is 5.52. The Balaban J connectivity index is 1.18. The number of carbonyl (C=O) groups excluding carboxylic acids is 3. The molecule has 0 saturated carbocycles. The molecular formula is C35H36N6O6. The van der Waals surface area contributed by atoms with E-state index in [0.29, 0.717) is 61.1 Å². The van der Waals surface area contributed by atoms with Crippen molar-refractivity contribution >= 4 is 29.4 Å². The van der Waals surface area contributed by atoms with Crippen molar-refractivity contribution in [3.63, 3.8) is 0 Å². The Morgan fingerprint density at radius 2 is 1.72 bits per heavy atom. The molecule has 12 nitrogen and oxygen atoms in total. The van der Waals surface area contributed by atoms with E-state index in [1.54, 1.807) is 17.0 Å². The van der Waals surface area contributed by atoms with Gasteiger partial charge in [0.2, 0.25) is 11.9 Å². The number of methoxy groups -OCH3 is 1. The van der Waals surface area contributed by atoms with Crippen molar-refractivity contribution in [2.45, 2.75) is 38.0 Å². The maximum atomic E-state index is 13.5. The Bertz CT molecular complexity index is 1700. The lowest BCUT2D eigenvalue weighted by Gasteiger charge is -2.38. The fraction of sp³-hybridized carbons (Fsp3) is 0.286. The van der Waals surface area contributed by atoms with Crippen molar-refractivity contribution in [2.75, 3.05) is 32.1 Å². The van der Waals surface area contributed by atoms with E-state index in [0.717, 1.165) is 16.8 Å². The summed E-state index contributed by atoms with van der Waals surface area (Å²) in [5, 5.41) is 9.10. The monoisotopic (exact) mass is 636 g/mol. The molecule has 4 aromatic rings. The number of aryl methyl sites for hydroxylation is 1. The summed E-state index contributed by atoms with van der Waals surface area (Å²) in [6.45, 7) is 0.737. The summed E-state index contributed by atoms with van der Waals surface area (Å²) in [4.78, 5) is 49.5. The highest BCUT2D eigenvalue weighted by molar-refractivity contribution is 5.94. The van der Waals surface area contributed by atoms with Gasteiger partial charge in [-0.25, -0.2) is 9.97 Å². The van der Waals surface area contributed by atoms with Crippen LogP contribution in [0.15, 0.2) is 85.2 Å². The zero-order chi connectivity index (χ0) is 32.6. The van der Waals surface area contributed by atoms with E-state index < -0.39 is 12.1 Å². The lowest BCUT2D eigenvalue weighted by atomic mass is 10.0. The largest absolute Gasteiger partial charge is 0.493 e. The van der Waals surface area contributed by atoms with Crippen molar-refractivity contribution < 1.29 is 28.6 Å². The van der Waals surface area contributed by atoms with Gasteiger partial charge in [0.15, 0.2) is 18.1 Å². The number of carbonyl (C=O) groups is 3. The smallest absolute Gasteiger partial charge is 0.258 e. The third-order valence-corrected chi connectivity index (χ3v) is 8.04. The molecule has 2 atom stereocenters. The van der Waals surface area contributed by atoms with Crippen molar-refractivity contribution in [2.24, 2.45) is 0 Å². The highest BCUT2D eigenvalue weighted by Crippen LogP contribution is 2.29. The van der Waals surface area contributed by atoms with Crippen molar-refractivity contribution in [1.82, 2.24) is 25.5 Å². The van der Waals surface area contributed by atoms with Crippen LogP contribution in [-0.4, -0.2) is 71.5 Å². The molecule has 5 aliphatic rings. The third-order valence-electron chi connectivity index (χ3n) is 8.04. The van der Waals surface area contributed by atoms with Crippen LogP contribution in [0.1, 0.15) is 34.3 Å². The molecule has 0 radical (unpaired) electrons. The van der Waals surface area contributed by atoms with E-state index >= 15 is 0 Å². The molecule has 0 unspecified atom stereocenters. The maximum absolute atomic E-state index is 13.5. The van der Waals surface area contributed by atoms with Gasteiger partial charge in [-0.05, 0) is 53.9 Å². The highest BCUT2D eigenvalue weighted by atomic mass is 16.5. The number of aromatic nitrogens is 2. The highest BCUT2D eigenvalue weighted by Gasteiger charge is 2.35. The van der Waals surface area contributed by atoms with Crippen molar-refractivity contribution in [3.05, 3.63) is 102 Å². The summed E-state index contributed by atoms with van der Waals surface area (Å²) >= 11 is 0. The molecule has 3 N–H and O–H groups in total. The molecule has 4 bridgehead atoms. The van der Waals surface area contributed by atoms with Crippen LogP contribution in [0, 0.1) is 0 Å². The van der Waals surface area contributed by atoms with Crippen LogP contribution in [0.5, 0.6) is 17.2 Å². The van der Waals surface area contributed by atoms with Crippen LogP contribution in [0.2, 0.25) is 0 Å². The number of rotatable bonds is 4. The van der Waals surface area contributed by atoms with Gasteiger partial charge in [-0.1, -0.05) is 36.4 Å². The second-order valence-corrected chi connectivity index (χ2v) is 11.4. The van der Waals surface area contributed by atoms with Gasteiger partial charge >= 0.3 is 0 Å². The topological polar surface area (TPSA) is 144 Å². The number of anilines is 2. The molecule has 12 heteroatoms. The predicted molar refractivity (Wildman–Crippen MR) is 174 cm³/mol. The van der Waals surface area contributed by atoms with Crippen LogP contribution < -0.4 is 30.2 Å². The zero-order valence-corrected chi connectivity index (χ0v) is 26.0. The van der Waals surface area contributed by atoms with Gasteiger partial charge in [0.1, 0.15) is 11.9 Å². The van der Waals surface area contributed by atoms with Gasteiger partial charge in [0.25, 0.3) is 11.8 Å². The third kappa shape index (κ3) is 8.15. The zero-order valence-electron chi connectivity index (χ0n) is 26.0. The Kier molecular flexibility index (Phi) is 9.75. The number of piperidine rings is 1. The average molecular weight is 637 g/mol. The van der Waals surface area contributed by atoms with Crippen LogP contribution in [0.4, 0.5) is 11.6 Å². The molecule has 3 amide bonds.